The zero-order valence-electron chi connectivity index (χ0n) is 11.4. The standard InChI is InChI=1S/C14H12BrN3O2S/c1-9-7-11(15)8-18-14(9)16-13(17-18)10-3-5-12(6-4-10)21(2,19)20/h3-8H,1-2H3. The third-order valence-corrected chi connectivity index (χ3v) is 4.69. The molecule has 2 heterocycles. The van der Waals surface area contributed by atoms with Crippen molar-refractivity contribution >= 4 is 31.4 Å². The Morgan fingerprint density at radius 1 is 1.19 bits per heavy atom. The van der Waals surface area contributed by atoms with Gasteiger partial charge in [0.2, 0.25) is 0 Å². The van der Waals surface area contributed by atoms with Crippen LogP contribution in [0.2, 0.25) is 0 Å². The number of pyridine rings is 1. The molecule has 0 bridgehead atoms. The first-order chi connectivity index (χ1) is 9.84. The number of hydrogen-bond acceptors (Lipinski definition) is 4. The van der Waals surface area contributed by atoms with E-state index >= 15 is 0 Å². The predicted molar refractivity (Wildman–Crippen MR) is 84.0 cm³/mol. The van der Waals surface area contributed by atoms with Crippen LogP contribution in [-0.2, 0) is 9.84 Å². The van der Waals surface area contributed by atoms with E-state index in [4.69, 9.17) is 0 Å². The Kier molecular flexibility index (Phi) is 3.33. The summed E-state index contributed by atoms with van der Waals surface area (Å²) in [5, 5.41) is 4.42. The first-order valence-corrected chi connectivity index (χ1v) is 8.86. The van der Waals surface area contributed by atoms with Crippen LogP contribution in [0.1, 0.15) is 5.56 Å². The van der Waals surface area contributed by atoms with E-state index in [0.29, 0.717) is 5.82 Å². The highest BCUT2D eigenvalue weighted by Crippen LogP contribution is 2.22. The van der Waals surface area contributed by atoms with E-state index in [1.807, 2.05) is 19.2 Å². The van der Waals surface area contributed by atoms with Gasteiger partial charge in [-0.2, -0.15) is 0 Å². The van der Waals surface area contributed by atoms with Crippen LogP contribution in [0.5, 0.6) is 0 Å². The van der Waals surface area contributed by atoms with Gasteiger partial charge in [-0.05, 0) is 58.7 Å². The molecule has 0 saturated heterocycles. The lowest BCUT2D eigenvalue weighted by Gasteiger charge is -1.99. The van der Waals surface area contributed by atoms with Crippen LogP contribution in [0.3, 0.4) is 0 Å². The minimum absolute atomic E-state index is 0.286. The SMILES string of the molecule is Cc1cc(Br)cn2nc(-c3ccc(S(C)(=O)=O)cc3)nc12. The van der Waals surface area contributed by atoms with E-state index in [9.17, 15) is 8.42 Å². The molecular formula is C14H12BrN3O2S. The minimum Gasteiger partial charge on any atom is -0.224 e. The smallest absolute Gasteiger partial charge is 0.182 e. The molecule has 3 aromatic rings. The van der Waals surface area contributed by atoms with Crippen molar-refractivity contribution in [3.05, 3.63) is 46.6 Å². The highest BCUT2D eigenvalue weighted by atomic mass is 79.9. The van der Waals surface area contributed by atoms with Crippen molar-refractivity contribution in [2.75, 3.05) is 6.26 Å². The summed E-state index contributed by atoms with van der Waals surface area (Å²) in [4.78, 5) is 4.78. The number of aromatic nitrogens is 3. The normalized spacial score (nSPS) is 12.0. The Morgan fingerprint density at radius 3 is 2.48 bits per heavy atom. The van der Waals surface area contributed by atoms with Crippen molar-refractivity contribution in [3.8, 4) is 11.4 Å². The Bertz CT molecular complexity index is 931. The summed E-state index contributed by atoms with van der Waals surface area (Å²) in [5.41, 5.74) is 2.57. The Balaban J connectivity index is 2.10. The summed E-state index contributed by atoms with van der Waals surface area (Å²) in [7, 11) is -3.19. The molecule has 3 rings (SSSR count). The molecule has 7 heteroatoms. The predicted octanol–water partition coefficient (Wildman–Crippen LogP) is 2.87. The van der Waals surface area contributed by atoms with Crippen LogP contribution in [-0.4, -0.2) is 29.3 Å². The molecule has 0 unspecified atom stereocenters. The van der Waals surface area contributed by atoms with Crippen molar-refractivity contribution in [2.45, 2.75) is 11.8 Å². The molecule has 21 heavy (non-hydrogen) atoms. The maximum atomic E-state index is 11.5. The van der Waals surface area contributed by atoms with Gasteiger partial charge in [-0.25, -0.2) is 17.9 Å². The van der Waals surface area contributed by atoms with Crippen molar-refractivity contribution in [1.29, 1.82) is 0 Å². The number of halogens is 1. The van der Waals surface area contributed by atoms with E-state index in [0.717, 1.165) is 21.2 Å². The van der Waals surface area contributed by atoms with E-state index in [2.05, 4.69) is 26.0 Å². The number of nitrogens with zero attached hydrogens (tertiary/aromatic N) is 3. The second-order valence-corrected chi connectivity index (χ2v) is 7.77. The number of fused-ring (bicyclic) bond motifs is 1. The van der Waals surface area contributed by atoms with Crippen molar-refractivity contribution in [1.82, 2.24) is 14.6 Å². The van der Waals surface area contributed by atoms with E-state index < -0.39 is 9.84 Å². The van der Waals surface area contributed by atoms with Gasteiger partial charge in [-0.15, -0.1) is 5.10 Å². The molecule has 0 aliphatic rings. The number of aryl methyl sites for hydroxylation is 1. The van der Waals surface area contributed by atoms with Crippen LogP contribution in [0, 0.1) is 6.92 Å². The topological polar surface area (TPSA) is 64.3 Å². The molecule has 0 N–H and O–H groups in total. The van der Waals surface area contributed by atoms with Gasteiger partial charge in [0.25, 0.3) is 0 Å². The monoisotopic (exact) mass is 365 g/mol. The summed E-state index contributed by atoms with van der Waals surface area (Å²) in [6.07, 6.45) is 3.02. The van der Waals surface area contributed by atoms with Gasteiger partial charge in [0, 0.05) is 22.5 Å². The first kappa shape index (κ1) is 14.2. The molecule has 108 valence electrons. The van der Waals surface area contributed by atoms with Crippen molar-refractivity contribution in [3.63, 3.8) is 0 Å². The highest BCUT2D eigenvalue weighted by Gasteiger charge is 2.11. The van der Waals surface area contributed by atoms with E-state index in [-0.39, 0.29) is 4.90 Å². The van der Waals surface area contributed by atoms with Gasteiger partial charge in [0.1, 0.15) is 0 Å². The summed E-state index contributed by atoms with van der Waals surface area (Å²) in [6.45, 7) is 1.96. The third-order valence-electron chi connectivity index (χ3n) is 3.12. The van der Waals surface area contributed by atoms with Gasteiger partial charge >= 0.3 is 0 Å². The lowest BCUT2D eigenvalue weighted by molar-refractivity contribution is 0.602. The molecule has 0 fully saturated rings. The zero-order valence-corrected chi connectivity index (χ0v) is 13.8. The number of sulfone groups is 1. The van der Waals surface area contributed by atoms with Crippen molar-refractivity contribution < 1.29 is 8.42 Å². The zero-order chi connectivity index (χ0) is 15.2. The van der Waals surface area contributed by atoms with Crippen LogP contribution in [0.25, 0.3) is 17.0 Å². The highest BCUT2D eigenvalue weighted by molar-refractivity contribution is 9.10. The quantitative estimate of drug-likeness (QED) is 0.700. The summed E-state index contributed by atoms with van der Waals surface area (Å²) < 4.78 is 25.6. The Morgan fingerprint density at radius 2 is 1.86 bits per heavy atom. The maximum Gasteiger partial charge on any atom is 0.182 e. The molecule has 5 nitrogen and oxygen atoms in total. The number of hydrogen-bond donors (Lipinski definition) is 0. The first-order valence-electron chi connectivity index (χ1n) is 6.17. The van der Waals surface area contributed by atoms with Gasteiger partial charge < -0.3 is 0 Å². The Hall–Kier alpha value is -1.73. The maximum absolute atomic E-state index is 11.5. The largest absolute Gasteiger partial charge is 0.224 e. The third kappa shape index (κ3) is 2.71. The van der Waals surface area contributed by atoms with Gasteiger partial charge in [-0.1, -0.05) is 0 Å². The average Bonchev–Trinajstić information content (AvgIpc) is 2.82. The molecule has 0 radical (unpaired) electrons. The van der Waals surface area contributed by atoms with E-state index in [1.165, 1.54) is 6.26 Å². The molecule has 1 aromatic carbocycles. The molecular weight excluding hydrogens is 354 g/mol. The molecule has 0 aliphatic heterocycles. The minimum atomic E-state index is -3.19. The fourth-order valence-electron chi connectivity index (χ4n) is 2.08. The molecule has 0 spiro atoms. The van der Waals surface area contributed by atoms with Crippen LogP contribution in [0.15, 0.2) is 45.9 Å². The average molecular weight is 366 g/mol. The lowest BCUT2D eigenvalue weighted by Crippen LogP contribution is -1.96. The second kappa shape index (κ2) is 4.92. The van der Waals surface area contributed by atoms with Crippen LogP contribution < -0.4 is 0 Å². The summed E-state index contributed by atoms with van der Waals surface area (Å²) >= 11 is 3.42. The molecule has 0 saturated carbocycles. The number of benzene rings is 1. The fraction of sp³-hybridized carbons (Fsp3) is 0.143. The fourth-order valence-corrected chi connectivity index (χ4v) is 3.25. The van der Waals surface area contributed by atoms with Gasteiger partial charge in [0.05, 0.1) is 4.90 Å². The number of rotatable bonds is 2. The molecule has 0 amide bonds. The van der Waals surface area contributed by atoms with Crippen LogP contribution in [0.4, 0.5) is 0 Å². The van der Waals surface area contributed by atoms with Gasteiger partial charge in [-0.3, -0.25) is 0 Å². The van der Waals surface area contributed by atoms with Gasteiger partial charge in [0.15, 0.2) is 21.3 Å². The Labute approximate surface area is 130 Å². The summed E-state index contributed by atoms with van der Waals surface area (Å²) in [5.74, 6) is 0.566. The van der Waals surface area contributed by atoms with Crippen molar-refractivity contribution in [2.24, 2.45) is 0 Å². The summed E-state index contributed by atoms with van der Waals surface area (Å²) in [6, 6.07) is 8.55. The molecule has 0 aliphatic carbocycles. The second-order valence-electron chi connectivity index (χ2n) is 4.84. The molecule has 2 aromatic heterocycles. The molecule has 0 atom stereocenters. The lowest BCUT2D eigenvalue weighted by atomic mass is 10.2. The van der Waals surface area contributed by atoms with Crippen LogP contribution >= 0.6 is 15.9 Å². The van der Waals surface area contributed by atoms with E-state index in [1.54, 1.807) is 28.8 Å².